The predicted molar refractivity (Wildman–Crippen MR) is 84.0 cm³/mol. The molecule has 0 aliphatic heterocycles. The number of hydrogen-bond donors (Lipinski definition) is 1. The number of benzene rings is 1. The zero-order valence-electron chi connectivity index (χ0n) is 11.6. The fourth-order valence-electron chi connectivity index (χ4n) is 1.70. The molecule has 1 aromatic carbocycles. The number of likely N-dealkylation sites (N-methyl/N-ethyl adjacent to an activating group) is 1. The molecule has 1 rings (SSSR count). The minimum atomic E-state index is -4.02. The van der Waals surface area contributed by atoms with Crippen LogP contribution in [0.15, 0.2) is 21.5 Å². The zero-order valence-corrected chi connectivity index (χ0v) is 14.8. The predicted octanol–water partition coefficient (Wildman–Crippen LogP) is 1.86. The monoisotopic (exact) mass is 398 g/mol. The lowest BCUT2D eigenvalue weighted by molar-refractivity contribution is 0.0706. The Morgan fingerprint density at radius 3 is 2.57 bits per heavy atom. The molecule has 0 atom stereocenters. The van der Waals surface area contributed by atoms with Crippen molar-refractivity contribution in [2.45, 2.75) is 11.8 Å². The quantitative estimate of drug-likeness (QED) is 0.790. The topological polar surface area (TPSA) is 89.7 Å². The van der Waals surface area contributed by atoms with Crippen molar-refractivity contribution in [1.82, 2.24) is 4.90 Å². The van der Waals surface area contributed by atoms with E-state index in [1.54, 1.807) is 6.92 Å². The van der Waals surface area contributed by atoms with E-state index in [9.17, 15) is 13.2 Å². The second-order valence-corrected chi connectivity index (χ2v) is 7.01. The Morgan fingerprint density at radius 2 is 2.10 bits per heavy atom. The third-order valence-corrected chi connectivity index (χ3v) is 4.69. The highest BCUT2D eigenvalue weighted by Crippen LogP contribution is 2.29. The molecule has 6 nitrogen and oxygen atoms in total. The van der Waals surface area contributed by atoms with Gasteiger partial charge in [0.15, 0.2) is 0 Å². The van der Waals surface area contributed by atoms with Gasteiger partial charge in [0.25, 0.3) is 5.91 Å². The minimum Gasteiger partial charge on any atom is -0.383 e. The summed E-state index contributed by atoms with van der Waals surface area (Å²) in [5.74, 6) is -0.384. The summed E-state index contributed by atoms with van der Waals surface area (Å²) in [5.41, 5.74) is 0.0769. The van der Waals surface area contributed by atoms with Crippen LogP contribution in [0.4, 0.5) is 0 Å². The molecule has 0 heterocycles. The Kier molecular flexibility index (Phi) is 6.61. The second kappa shape index (κ2) is 7.55. The van der Waals surface area contributed by atoms with E-state index in [1.165, 1.54) is 24.1 Å². The van der Waals surface area contributed by atoms with E-state index >= 15 is 0 Å². The van der Waals surface area contributed by atoms with Crippen molar-refractivity contribution in [3.8, 4) is 0 Å². The highest BCUT2D eigenvalue weighted by atomic mass is 79.9. The first-order chi connectivity index (χ1) is 9.72. The van der Waals surface area contributed by atoms with Crippen molar-refractivity contribution in [2.24, 2.45) is 5.14 Å². The van der Waals surface area contributed by atoms with Gasteiger partial charge in [0, 0.05) is 24.7 Å². The smallest absolute Gasteiger partial charge is 0.255 e. The number of hydrogen-bond acceptors (Lipinski definition) is 4. The molecule has 21 heavy (non-hydrogen) atoms. The fourth-order valence-corrected chi connectivity index (χ4v) is 3.47. The Labute approximate surface area is 137 Å². The number of nitrogens with two attached hydrogens (primary N) is 1. The van der Waals surface area contributed by atoms with Gasteiger partial charge in [-0.05, 0) is 19.1 Å². The summed E-state index contributed by atoms with van der Waals surface area (Å²) < 4.78 is 28.4. The molecule has 1 aromatic rings. The van der Waals surface area contributed by atoms with E-state index in [0.717, 1.165) is 0 Å². The van der Waals surface area contributed by atoms with Crippen LogP contribution in [0.5, 0.6) is 0 Å². The molecule has 0 spiro atoms. The van der Waals surface area contributed by atoms with Gasteiger partial charge in [-0.2, -0.15) is 0 Å². The number of primary sulfonamides is 1. The van der Waals surface area contributed by atoms with Gasteiger partial charge < -0.3 is 9.64 Å². The minimum absolute atomic E-state index is 0.0769. The number of carbonyl (C=O) groups is 1. The summed E-state index contributed by atoms with van der Waals surface area (Å²) in [5, 5.41) is 4.93. The van der Waals surface area contributed by atoms with Crippen LogP contribution in [0.2, 0.25) is 5.02 Å². The first-order valence-electron chi connectivity index (χ1n) is 6.02. The highest BCUT2D eigenvalue weighted by Gasteiger charge is 2.23. The standard InChI is InChI=1S/C12H16BrClN2O4S/c1-3-16(4-5-20-2)12(17)9-6-8(13)7-10(11(9)14)21(15,18)19/h6-7H,3-5H2,1-2H3,(H2,15,18,19). The van der Waals surface area contributed by atoms with Gasteiger partial charge in [0.05, 0.1) is 17.2 Å². The van der Waals surface area contributed by atoms with Crippen molar-refractivity contribution in [1.29, 1.82) is 0 Å². The Balaban J connectivity index is 3.30. The van der Waals surface area contributed by atoms with Crippen molar-refractivity contribution in [2.75, 3.05) is 26.8 Å². The molecule has 118 valence electrons. The molecule has 0 bridgehead atoms. The lowest BCUT2D eigenvalue weighted by Crippen LogP contribution is -2.34. The molecule has 0 radical (unpaired) electrons. The van der Waals surface area contributed by atoms with E-state index in [2.05, 4.69) is 15.9 Å². The van der Waals surface area contributed by atoms with Crippen LogP contribution in [-0.2, 0) is 14.8 Å². The molecule has 0 saturated heterocycles. The third-order valence-electron chi connectivity index (χ3n) is 2.78. The van der Waals surface area contributed by atoms with Crippen molar-refractivity contribution in [3.05, 3.63) is 27.2 Å². The lowest BCUT2D eigenvalue weighted by Gasteiger charge is -2.21. The summed E-state index contributed by atoms with van der Waals surface area (Å²) in [6, 6.07) is 2.73. The highest BCUT2D eigenvalue weighted by molar-refractivity contribution is 9.10. The van der Waals surface area contributed by atoms with Gasteiger partial charge in [0.1, 0.15) is 4.90 Å². The van der Waals surface area contributed by atoms with Crippen LogP contribution in [-0.4, -0.2) is 46.0 Å². The SMILES string of the molecule is CCN(CCOC)C(=O)c1cc(Br)cc(S(N)(=O)=O)c1Cl. The summed E-state index contributed by atoms with van der Waals surface area (Å²) in [6.45, 7) is 2.99. The second-order valence-electron chi connectivity index (χ2n) is 4.19. The van der Waals surface area contributed by atoms with Gasteiger partial charge in [-0.3, -0.25) is 4.79 Å². The number of sulfonamides is 1. The Morgan fingerprint density at radius 1 is 1.48 bits per heavy atom. The Hall–Kier alpha value is -0.670. The van der Waals surface area contributed by atoms with Gasteiger partial charge in [-0.1, -0.05) is 27.5 Å². The zero-order chi connectivity index (χ0) is 16.2. The van der Waals surface area contributed by atoms with E-state index in [1.807, 2.05) is 0 Å². The van der Waals surface area contributed by atoms with Gasteiger partial charge in [-0.25, -0.2) is 13.6 Å². The molecule has 0 aliphatic rings. The average Bonchev–Trinajstić information content (AvgIpc) is 2.40. The van der Waals surface area contributed by atoms with Crippen LogP contribution in [0, 0.1) is 0 Å². The van der Waals surface area contributed by atoms with Crippen LogP contribution >= 0.6 is 27.5 Å². The number of amides is 1. The summed E-state index contributed by atoms with van der Waals surface area (Å²) in [7, 11) is -2.49. The van der Waals surface area contributed by atoms with Crippen molar-refractivity contribution >= 4 is 43.5 Å². The molecule has 0 saturated carbocycles. The lowest BCUT2D eigenvalue weighted by atomic mass is 10.2. The number of carbonyl (C=O) groups excluding carboxylic acids is 1. The molecular weight excluding hydrogens is 384 g/mol. The molecule has 0 unspecified atom stereocenters. The van der Waals surface area contributed by atoms with E-state index in [0.29, 0.717) is 24.2 Å². The summed E-state index contributed by atoms with van der Waals surface area (Å²) in [4.78, 5) is 13.7. The number of methoxy groups -OCH3 is 1. The van der Waals surface area contributed by atoms with Gasteiger partial charge in [-0.15, -0.1) is 0 Å². The van der Waals surface area contributed by atoms with Gasteiger partial charge in [0.2, 0.25) is 10.0 Å². The summed E-state index contributed by atoms with van der Waals surface area (Å²) in [6.07, 6.45) is 0. The maximum Gasteiger partial charge on any atom is 0.255 e. The first kappa shape index (κ1) is 18.4. The maximum atomic E-state index is 12.5. The fraction of sp³-hybridized carbons (Fsp3) is 0.417. The van der Waals surface area contributed by atoms with Crippen LogP contribution in [0.1, 0.15) is 17.3 Å². The van der Waals surface area contributed by atoms with Gasteiger partial charge >= 0.3 is 0 Å². The van der Waals surface area contributed by atoms with Crippen molar-refractivity contribution in [3.63, 3.8) is 0 Å². The van der Waals surface area contributed by atoms with E-state index in [-0.39, 0.29) is 21.4 Å². The molecule has 0 aromatic heterocycles. The third kappa shape index (κ3) is 4.65. The number of rotatable bonds is 6. The molecule has 9 heteroatoms. The van der Waals surface area contributed by atoms with Crippen LogP contribution in [0.25, 0.3) is 0 Å². The number of nitrogens with zero attached hydrogens (tertiary/aromatic N) is 1. The number of ether oxygens (including phenoxy) is 1. The summed E-state index contributed by atoms with van der Waals surface area (Å²) >= 11 is 9.19. The van der Waals surface area contributed by atoms with E-state index in [4.69, 9.17) is 21.5 Å². The van der Waals surface area contributed by atoms with E-state index < -0.39 is 10.0 Å². The first-order valence-corrected chi connectivity index (χ1v) is 8.74. The van der Waals surface area contributed by atoms with Crippen LogP contribution in [0.3, 0.4) is 0 Å². The van der Waals surface area contributed by atoms with Crippen molar-refractivity contribution < 1.29 is 17.9 Å². The largest absolute Gasteiger partial charge is 0.383 e. The molecular formula is C12H16BrClN2O4S. The number of halogens is 2. The molecule has 2 N–H and O–H groups in total. The average molecular weight is 400 g/mol. The molecule has 0 aliphatic carbocycles. The maximum absolute atomic E-state index is 12.5. The molecule has 0 fully saturated rings. The normalized spacial score (nSPS) is 11.5. The van der Waals surface area contributed by atoms with Crippen LogP contribution < -0.4 is 5.14 Å². The Bertz CT molecular complexity index is 636. The molecule has 1 amide bonds.